The Labute approximate surface area is 159 Å². The van der Waals surface area contributed by atoms with Gasteiger partial charge in [0.1, 0.15) is 0 Å². The Bertz CT molecular complexity index is 855. The summed E-state index contributed by atoms with van der Waals surface area (Å²) in [5.41, 5.74) is 2.46. The number of hydrogen-bond acceptors (Lipinski definition) is 3. The van der Waals surface area contributed by atoms with E-state index in [0.29, 0.717) is 10.6 Å². The van der Waals surface area contributed by atoms with Crippen LogP contribution in [0.3, 0.4) is 0 Å². The quantitative estimate of drug-likeness (QED) is 0.436. The van der Waals surface area contributed by atoms with Gasteiger partial charge in [-0.1, -0.05) is 0 Å². The fourth-order valence-electron chi connectivity index (χ4n) is 2.62. The van der Waals surface area contributed by atoms with Crippen LogP contribution in [0, 0.1) is 0 Å². The number of hydrogen-bond donors (Lipinski definition) is 0. The van der Waals surface area contributed by atoms with Crippen molar-refractivity contribution in [2.45, 2.75) is 13.8 Å². The predicted molar refractivity (Wildman–Crippen MR) is 105 cm³/mol. The van der Waals surface area contributed by atoms with Gasteiger partial charge in [0.25, 0.3) is 0 Å². The third-order valence-electron chi connectivity index (χ3n) is 4.01. The summed E-state index contributed by atoms with van der Waals surface area (Å²) in [6.07, 6.45) is 0. The Hall–Kier alpha value is -1.87. The summed E-state index contributed by atoms with van der Waals surface area (Å²) in [6, 6.07) is 17.0. The summed E-state index contributed by atoms with van der Waals surface area (Å²) in [5.74, 6) is 0.0430. The molecule has 0 aliphatic carbocycles. The number of anilines is 1. The summed E-state index contributed by atoms with van der Waals surface area (Å²) >= 11 is 5.85. The van der Waals surface area contributed by atoms with Gasteiger partial charge in [-0.25, -0.2) is 0 Å². The molecule has 25 heavy (non-hydrogen) atoms. The molecule has 2 aromatic carbocycles. The predicted octanol–water partition coefficient (Wildman–Crippen LogP) is 4.54. The number of rotatable bonds is 6. The number of aromatic nitrogens is 1. The molecule has 0 aliphatic heterocycles. The topological polar surface area (TPSA) is 33.2 Å². The third kappa shape index (κ3) is 3.87. The van der Waals surface area contributed by atoms with E-state index in [-0.39, 0.29) is 20.3 Å². The Morgan fingerprint density at radius 1 is 1.04 bits per heavy atom. The normalized spacial score (nSPS) is 10.7. The minimum atomic E-state index is -0.103. The molecule has 0 bridgehead atoms. The van der Waals surface area contributed by atoms with Gasteiger partial charge in [-0.15, -0.1) is 0 Å². The zero-order valence-electron chi connectivity index (χ0n) is 14.2. The molecule has 128 valence electrons. The number of benzene rings is 2. The first-order chi connectivity index (χ1) is 12.1. The van der Waals surface area contributed by atoms with Gasteiger partial charge in [0, 0.05) is 0 Å². The maximum atomic E-state index is 13.1. The Kier molecular flexibility index (Phi) is 5.74. The molecule has 0 N–H and O–H groups in total. The second-order valence-electron chi connectivity index (χ2n) is 5.55. The van der Waals surface area contributed by atoms with E-state index in [0.717, 1.165) is 33.5 Å². The zero-order valence-corrected chi connectivity index (χ0v) is 16.7. The third-order valence-corrected chi connectivity index (χ3v) is 6.60. The molecule has 0 amide bonds. The standard InChI is InChI=1S/C20H19ClN2OSe/c1-3-23(4-2)20-22-17(14-8-6-5-7-9-14)19(25-20)18(24)15-10-12-16(21)13-11-15/h5-13H,3-4H2,1-2H3. The van der Waals surface area contributed by atoms with Gasteiger partial charge in [-0.2, -0.15) is 0 Å². The molecule has 5 heteroatoms. The molecular formula is C20H19ClN2OSe. The van der Waals surface area contributed by atoms with Gasteiger partial charge < -0.3 is 0 Å². The van der Waals surface area contributed by atoms with E-state index in [2.05, 4.69) is 18.7 Å². The second kappa shape index (κ2) is 8.01. The monoisotopic (exact) mass is 418 g/mol. The van der Waals surface area contributed by atoms with E-state index < -0.39 is 0 Å². The molecule has 0 aliphatic rings. The van der Waals surface area contributed by atoms with E-state index in [4.69, 9.17) is 16.6 Å². The van der Waals surface area contributed by atoms with Gasteiger partial charge >= 0.3 is 159 Å². The summed E-state index contributed by atoms with van der Waals surface area (Å²) < 4.78 is 1.83. The fraction of sp³-hybridized carbons (Fsp3) is 0.200. The molecule has 0 unspecified atom stereocenters. The molecule has 0 saturated heterocycles. The number of halogens is 1. The molecule has 0 fully saturated rings. The second-order valence-corrected chi connectivity index (χ2v) is 8.04. The molecule has 0 spiro atoms. The fourth-order valence-corrected chi connectivity index (χ4v) is 5.21. The first kappa shape index (κ1) is 17.9. The van der Waals surface area contributed by atoms with Gasteiger partial charge in [0.2, 0.25) is 0 Å². The first-order valence-corrected chi connectivity index (χ1v) is 10.3. The average Bonchev–Trinajstić information content (AvgIpc) is 3.09. The molecule has 1 heterocycles. The van der Waals surface area contributed by atoms with Gasteiger partial charge in [-0.05, 0) is 0 Å². The van der Waals surface area contributed by atoms with Crippen molar-refractivity contribution < 1.29 is 4.79 Å². The van der Waals surface area contributed by atoms with Crippen LogP contribution in [0.4, 0.5) is 4.69 Å². The Morgan fingerprint density at radius 3 is 2.28 bits per heavy atom. The minimum absolute atomic E-state index is 0.0430. The van der Waals surface area contributed by atoms with E-state index in [1.165, 1.54) is 0 Å². The van der Waals surface area contributed by atoms with Crippen molar-refractivity contribution in [1.82, 2.24) is 4.98 Å². The maximum absolute atomic E-state index is 13.1. The van der Waals surface area contributed by atoms with E-state index in [9.17, 15) is 4.79 Å². The molecule has 3 nitrogen and oxygen atoms in total. The van der Waals surface area contributed by atoms with Crippen LogP contribution in [0.1, 0.15) is 28.6 Å². The van der Waals surface area contributed by atoms with Crippen LogP contribution >= 0.6 is 11.6 Å². The van der Waals surface area contributed by atoms with Crippen LogP contribution in [0.25, 0.3) is 11.3 Å². The average molecular weight is 418 g/mol. The van der Waals surface area contributed by atoms with Crippen LogP contribution in [-0.4, -0.2) is 38.4 Å². The number of nitrogens with zero attached hydrogens (tertiary/aromatic N) is 2. The molecule has 1 aromatic heterocycles. The van der Waals surface area contributed by atoms with E-state index in [1.807, 2.05) is 30.3 Å². The Morgan fingerprint density at radius 2 is 1.68 bits per heavy atom. The van der Waals surface area contributed by atoms with Crippen LogP contribution in [0.5, 0.6) is 0 Å². The van der Waals surface area contributed by atoms with Crippen LogP contribution < -0.4 is 4.90 Å². The molecule has 0 saturated carbocycles. The van der Waals surface area contributed by atoms with Crippen molar-refractivity contribution in [2.75, 3.05) is 18.0 Å². The van der Waals surface area contributed by atoms with Gasteiger partial charge in [0.05, 0.1) is 0 Å². The van der Waals surface area contributed by atoms with E-state index >= 15 is 0 Å². The van der Waals surface area contributed by atoms with Gasteiger partial charge in [0.15, 0.2) is 0 Å². The number of carbonyl (C=O) groups excluding carboxylic acids is 1. The molecule has 0 atom stereocenters. The van der Waals surface area contributed by atoms with Crippen LogP contribution in [0.2, 0.25) is 5.02 Å². The van der Waals surface area contributed by atoms with E-state index in [1.54, 1.807) is 24.3 Å². The zero-order chi connectivity index (χ0) is 17.8. The molecule has 3 aromatic rings. The summed E-state index contributed by atoms with van der Waals surface area (Å²) in [4.78, 5) is 20.2. The van der Waals surface area contributed by atoms with Crippen molar-refractivity contribution >= 4 is 36.6 Å². The number of carbonyl (C=O) groups is 1. The molecule has 3 rings (SSSR count). The van der Waals surface area contributed by atoms with Crippen molar-refractivity contribution in [1.29, 1.82) is 0 Å². The van der Waals surface area contributed by atoms with Crippen LogP contribution in [0.15, 0.2) is 54.6 Å². The molecular weight excluding hydrogens is 399 g/mol. The van der Waals surface area contributed by atoms with Crippen LogP contribution in [-0.2, 0) is 0 Å². The Balaban J connectivity index is 2.10. The first-order valence-electron chi connectivity index (χ1n) is 8.25. The summed E-state index contributed by atoms with van der Waals surface area (Å²) in [7, 11) is 0. The number of ketones is 1. The van der Waals surface area contributed by atoms with Crippen molar-refractivity contribution in [3.05, 3.63) is 69.6 Å². The molecule has 0 radical (unpaired) electrons. The van der Waals surface area contributed by atoms with Gasteiger partial charge in [-0.3, -0.25) is 0 Å². The summed E-state index contributed by atoms with van der Waals surface area (Å²) in [5, 5.41) is 0.630. The SMILES string of the molecule is CCN(CC)c1nc(-c2ccccc2)c(C(=O)c2ccc(Cl)cc2)[se]1. The van der Waals surface area contributed by atoms with Crippen molar-refractivity contribution in [3.63, 3.8) is 0 Å². The van der Waals surface area contributed by atoms with Crippen molar-refractivity contribution in [2.24, 2.45) is 0 Å². The summed E-state index contributed by atoms with van der Waals surface area (Å²) in [6.45, 7) is 6.01. The van der Waals surface area contributed by atoms with Crippen molar-refractivity contribution in [3.8, 4) is 11.3 Å².